The number of aryl methyl sites for hydroxylation is 2. The van der Waals surface area contributed by atoms with Crippen molar-refractivity contribution >= 4 is 11.7 Å². The molecule has 0 spiro atoms. The topological polar surface area (TPSA) is 82.2 Å². The Kier molecular flexibility index (Phi) is 3.98. The molecule has 1 aromatic rings. The second kappa shape index (κ2) is 5.49. The molecule has 0 bridgehead atoms. The van der Waals surface area contributed by atoms with Gasteiger partial charge in [-0.1, -0.05) is 0 Å². The van der Waals surface area contributed by atoms with Gasteiger partial charge in [0.1, 0.15) is 5.82 Å². The van der Waals surface area contributed by atoms with Crippen LogP contribution in [-0.2, 0) is 16.6 Å². The Labute approximate surface area is 106 Å². The van der Waals surface area contributed by atoms with Crippen LogP contribution in [0.3, 0.4) is 0 Å². The van der Waals surface area contributed by atoms with Crippen molar-refractivity contribution in [2.75, 3.05) is 18.5 Å². The summed E-state index contributed by atoms with van der Waals surface area (Å²) in [6.07, 6.45) is 1.69. The molecule has 6 heteroatoms. The lowest BCUT2D eigenvalue weighted by Crippen LogP contribution is -2.44. The van der Waals surface area contributed by atoms with Crippen LogP contribution in [0.5, 0.6) is 0 Å². The number of amides is 1. The highest BCUT2D eigenvalue weighted by atomic mass is 16.5. The fraction of sp³-hybridized carbons (Fsp3) is 0.667. The second-order valence-corrected chi connectivity index (χ2v) is 4.76. The Morgan fingerprint density at radius 2 is 2.28 bits per heavy atom. The van der Waals surface area contributed by atoms with E-state index in [0.29, 0.717) is 19.0 Å². The first-order valence-corrected chi connectivity index (χ1v) is 6.23. The fourth-order valence-electron chi connectivity index (χ4n) is 2.23. The highest BCUT2D eigenvalue weighted by Crippen LogP contribution is 2.19. The van der Waals surface area contributed by atoms with E-state index in [1.807, 2.05) is 13.0 Å². The molecule has 3 N–H and O–H groups in total. The van der Waals surface area contributed by atoms with Crippen molar-refractivity contribution in [2.45, 2.75) is 25.8 Å². The van der Waals surface area contributed by atoms with Gasteiger partial charge >= 0.3 is 0 Å². The smallest absolute Gasteiger partial charge is 0.242 e. The van der Waals surface area contributed by atoms with Crippen LogP contribution in [-0.4, -0.2) is 34.9 Å². The standard InChI is InChI=1S/C12H20N4O2/c1-8-7-10(16(2)15-8)14-12(17)11(13)9-3-5-18-6-4-9/h7,9,11H,3-6,13H2,1-2H3,(H,14,17). The van der Waals surface area contributed by atoms with Gasteiger partial charge < -0.3 is 15.8 Å². The Hall–Kier alpha value is -1.40. The van der Waals surface area contributed by atoms with E-state index in [-0.39, 0.29) is 11.8 Å². The van der Waals surface area contributed by atoms with Crippen LogP contribution in [0, 0.1) is 12.8 Å². The molecule has 1 unspecified atom stereocenters. The van der Waals surface area contributed by atoms with Crippen LogP contribution in [0.4, 0.5) is 5.82 Å². The van der Waals surface area contributed by atoms with E-state index < -0.39 is 6.04 Å². The van der Waals surface area contributed by atoms with Crippen molar-refractivity contribution in [1.29, 1.82) is 0 Å². The molecule has 1 saturated heterocycles. The van der Waals surface area contributed by atoms with Gasteiger partial charge in [0.05, 0.1) is 11.7 Å². The molecule has 100 valence electrons. The van der Waals surface area contributed by atoms with E-state index in [2.05, 4.69) is 10.4 Å². The van der Waals surface area contributed by atoms with Gasteiger partial charge in [0.25, 0.3) is 0 Å². The van der Waals surface area contributed by atoms with Crippen molar-refractivity contribution in [1.82, 2.24) is 9.78 Å². The predicted octanol–water partition coefficient (Wildman–Crippen LogP) is 0.421. The Morgan fingerprint density at radius 1 is 1.61 bits per heavy atom. The third-order valence-corrected chi connectivity index (χ3v) is 3.33. The third-order valence-electron chi connectivity index (χ3n) is 3.33. The first kappa shape index (κ1) is 13.0. The molecule has 0 saturated carbocycles. The predicted molar refractivity (Wildman–Crippen MR) is 68.1 cm³/mol. The van der Waals surface area contributed by atoms with E-state index in [0.717, 1.165) is 18.5 Å². The molecule has 1 aliphatic heterocycles. The highest BCUT2D eigenvalue weighted by Gasteiger charge is 2.27. The zero-order chi connectivity index (χ0) is 13.1. The summed E-state index contributed by atoms with van der Waals surface area (Å²) in [5.41, 5.74) is 6.87. The van der Waals surface area contributed by atoms with Crippen molar-refractivity contribution in [2.24, 2.45) is 18.7 Å². The lowest BCUT2D eigenvalue weighted by Gasteiger charge is -2.26. The Balaban J connectivity index is 1.96. The van der Waals surface area contributed by atoms with E-state index in [9.17, 15) is 4.79 Å². The zero-order valence-corrected chi connectivity index (χ0v) is 10.8. The van der Waals surface area contributed by atoms with Crippen molar-refractivity contribution in [3.05, 3.63) is 11.8 Å². The summed E-state index contributed by atoms with van der Waals surface area (Å²) in [6, 6.07) is 1.35. The van der Waals surface area contributed by atoms with Gasteiger partial charge in [-0.2, -0.15) is 5.10 Å². The maximum atomic E-state index is 12.1. The van der Waals surface area contributed by atoms with Crippen molar-refractivity contribution < 1.29 is 9.53 Å². The van der Waals surface area contributed by atoms with Crippen molar-refractivity contribution in [3.63, 3.8) is 0 Å². The van der Waals surface area contributed by atoms with E-state index in [1.165, 1.54) is 0 Å². The number of nitrogens with two attached hydrogens (primary N) is 1. The molecule has 1 aliphatic rings. The van der Waals surface area contributed by atoms with Crippen LogP contribution in [0.25, 0.3) is 0 Å². The summed E-state index contributed by atoms with van der Waals surface area (Å²) in [5.74, 6) is 0.734. The lowest BCUT2D eigenvalue weighted by molar-refractivity contribution is -0.119. The summed E-state index contributed by atoms with van der Waals surface area (Å²) in [5, 5.41) is 7.00. The number of aromatic nitrogens is 2. The van der Waals surface area contributed by atoms with Gasteiger partial charge in [0, 0.05) is 26.3 Å². The fourth-order valence-corrected chi connectivity index (χ4v) is 2.23. The summed E-state index contributed by atoms with van der Waals surface area (Å²) < 4.78 is 6.91. The summed E-state index contributed by atoms with van der Waals surface area (Å²) >= 11 is 0. The van der Waals surface area contributed by atoms with Crippen LogP contribution >= 0.6 is 0 Å². The number of nitrogens with one attached hydrogen (secondary N) is 1. The average Bonchev–Trinajstić information content (AvgIpc) is 2.68. The molecule has 18 heavy (non-hydrogen) atoms. The van der Waals surface area contributed by atoms with Crippen LogP contribution < -0.4 is 11.1 Å². The molecule has 1 fully saturated rings. The van der Waals surface area contributed by atoms with Crippen molar-refractivity contribution in [3.8, 4) is 0 Å². The molecule has 1 aromatic heterocycles. The molecular weight excluding hydrogens is 232 g/mol. The van der Waals surface area contributed by atoms with Gasteiger partial charge in [0.15, 0.2) is 0 Å². The molecular formula is C12H20N4O2. The average molecular weight is 252 g/mol. The molecule has 0 aliphatic carbocycles. The van der Waals surface area contributed by atoms with Gasteiger partial charge in [0.2, 0.25) is 5.91 Å². The molecule has 1 amide bonds. The van der Waals surface area contributed by atoms with Gasteiger partial charge in [-0.25, -0.2) is 0 Å². The highest BCUT2D eigenvalue weighted by molar-refractivity contribution is 5.94. The van der Waals surface area contributed by atoms with Gasteiger partial charge in [-0.3, -0.25) is 9.48 Å². The Morgan fingerprint density at radius 3 is 2.83 bits per heavy atom. The monoisotopic (exact) mass is 252 g/mol. The van der Waals surface area contributed by atoms with Gasteiger partial charge in [-0.15, -0.1) is 0 Å². The number of ether oxygens (including phenoxy) is 1. The summed E-state index contributed by atoms with van der Waals surface area (Å²) in [6.45, 7) is 3.26. The number of nitrogens with zero attached hydrogens (tertiary/aromatic N) is 2. The lowest BCUT2D eigenvalue weighted by atomic mass is 9.92. The van der Waals surface area contributed by atoms with Crippen LogP contribution in [0.15, 0.2) is 6.07 Å². The zero-order valence-electron chi connectivity index (χ0n) is 10.8. The molecule has 2 heterocycles. The first-order valence-electron chi connectivity index (χ1n) is 6.23. The summed E-state index contributed by atoms with van der Waals surface area (Å²) in [7, 11) is 1.79. The molecule has 6 nitrogen and oxygen atoms in total. The number of carbonyl (C=O) groups excluding carboxylic acids is 1. The van der Waals surface area contributed by atoms with E-state index in [1.54, 1.807) is 11.7 Å². The molecule has 0 radical (unpaired) electrons. The number of hydrogen-bond acceptors (Lipinski definition) is 4. The van der Waals surface area contributed by atoms with E-state index >= 15 is 0 Å². The number of anilines is 1. The summed E-state index contributed by atoms with van der Waals surface area (Å²) in [4.78, 5) is 12.1. The second-order valence-electron chi connectivity index (χ2n) is 4.76. The number of rotatable bonds is 3. The number of hydrogen-bond donors (Lipinski definition) is 2. The minimum absolute atomic E-state index is 0.148. The molecule has 0 aromatic carbocycles. The SMILES string of the molecule is Cc1cc(NC(=O)C(N)C2CCOCC2)n(C)n1. The minimum atomic E-state index is -0.482. The quantitative estimate of drug-likeness (QED) is 0.817. The number of carbonyl (C=O) groups is 1. The maximum Gasteiger partial charge on any atom is 0.242 e. The van der Waals surface area contributed by atoms with Crippen LogP contribution in [0.1, 0.15) is 18.5 Å². The maximum absolute atomic E-state index is 12.1. The van der Waals surface area contributed by atoms with E-state index in [4.69, 9.17) is 10.5 Å². The normalized spacial score (nSPS) is 18.6. The third kappa shape index (κ3) is 2.88. The first-order chi connectivity index (χ1) is 8.58. The minimum Gasteiger partial charge on any atom is -0.381 e. The largest absolute Gasteiger partial charge is 0.381 e. The van der Waals surface area contributed by atoms with Gasteiger partial charge in [-0.05, 0) is 25.7 Å². The molecule has 1 atom stereocenters. The molecule has 2 rings (SSSR count). The Bertz CT molecular complexity index is 424. The van der Waals surface area contributed by atoms with Crippen LogP contribution in [0.2, 0.25) is 0 Å².